The minimum absolute atomic E-state index is 0.0584. The number of nitro groups is 2. The number of benzene rings is 2. The van der Waals surface area contributed by atoms with E-state index in [1.165, 1.54) is 24.3 Å². The quantitative estimate of drug-likeness (QED) is 0.256. The maximum absolute atomic E-state index is 12.6. The van der Waals surface area contributed by atoms with E-state index in [0.717, 1.165) is 30.5 Å². The number of amides is 1. The molecule has 0 saturated carbocycles. The molecule has 176 valence electrons. The number of aromatic nitrogens is 1. The van der Waals surface area contributed by atoms with E-state index in [0.29, 0.717) is 16.9 Å². The number of nitrogens with zero attached hydrogens (tertiary/aromatic N) is 3. The Balaban J connectivity index is 1.55. The summed E-state index contributed by atoms with van der Waals surface area (Å²) in [6, 6.07) is 9.55. The summed E-state index contributed by atoms with van der Waals surface area (Å²) in [6.07, 6.45) is 0.817. The molecule has 0 aliphatic heterocycles. The topological polar surface area (TPSA) is 189 Å². The van der Waals surface area contributed by atoms with Crippen LogP contribution in [-0.2, 0) is 30.6 Å². The zero-order valence-corrected chi connectivity index (χ0v) is 18.6. The SMILES string of the molecule is O=C(COC(=O)Cc1ccc([N+](=O)[O-])cc1)Nc1ncc(S(=O)(=O)c2ccc([N+](=O)[O-])cc2)s1. The van der Waals surface area contributed by atoms with Crippen LogP contribution in [0.5, 0.6) is 0 Å². The Kier molecular flexibility index (Phi) is 7.28. The van der Waals surface area contributed by atoms with E-state index in [2.05, 4.69) is 10.3 Å². The molecule has 1 amide bonds. The highest BCUT2D eigenvalue weighted by Gasteiger charge is 2.22. The van der Waals surface area contributed by atoms with Crippen LogP contribution >= 0.6 is 11.3 Å². The number of nitro benzene ring substituents is 2. The lowest BCUT2D eigenvalue weighted by molar-refractivity contribution is -0.385. The van der Waals surface area contributed by atoms with Gasteiger partial charge >= 0.3 is 5.97 Å². The van der Waals surface area contributed by atoms with E-state index in [1.54, 1.807) is 0 Å². The Hall–Kier alpha value is -4.24. The lowest BCUT2D eigenvalue weighted by atomic mass is 10.1. The number of hydrogen-bond acceptors (Lipinski definition) is 11. The molecule has 0 aliphatic carbocycles. The van der Waals surface area contributed by atoms with Crippen molar-refractivity contribution in [3.8, 4) is 0 Å². The summed E-state index contributed by atoms with van der Waals surface area (Å²) in [5.74, 6) is -1.50. The number of esters is 1. The Morgan fingerprint density at radius 3 is 2.09 bits per heavy atom. The second-order valence-corrected chi connectivity index (χ2v) is 9.76. The molecule has 3 aromatic rings. The molecular weight excluding hydrogens is 492 g/mol. The molecule has 13 nitrogen and oxygen atoms in total. The lowest BCUT2D eigenvalue weighted by Gasteiger charge is -2.05. The molecule has 0 unspecified atom stereocenters. The van der Waals surface area contributed by atoms with Gasteiger partial charge in [-0.25, -0.2) is 13.4 Å². The summed E-state index contributed by atoms with van der Waals surface area (Å²) >= 11 is 0.654. The second-order valence-electron chi connectivity index (χ2n) is 6.55. The average Bonchev–Trinajstić information content (AvgIpc) is 3.27. The van der Waals surface area contributed by atoms with Gasteiger partial charge in [-0.3, -0.25) is 35.1 Å². The number of anilines is 1. The van der Waals surface area contributed by atoms with Crippen molar-refractivity contribution in [1.29, 1.82) is 0 Å². The number of ether oxygens (including phenoxy) is 1. The molecule has 15 heteroatoms. The van der Waals surface area contributed by atoms with Gasteiger partial charge in [0.05, 0.1) is 27.4 Å². The van der Waals surface area contributed by atoms with Gasteiger partial charge in [-0.1, -0.05) is 23.5 Å². The number of non-ortho nitro benzene ring substituents is 2. The van der Waals surface area contributed by atoms with Crippen molar-refractivity contribution in [2.45, 2.75) is 15.5 Å². The minimum atomic E-state index is -4.01. The van der Waals surface area contributed by atoms with Crippen LogP contribution in [-0.4, -0.2) is 41.7 Å². The third kappa shape index (κ3) is 5.96. The van der Waals surface area contributed by atoms with E-state index in [-0.39, 0.29) is 32.0 Å². The summed E-state index contributed by atoms with van der Waals surface area (Å²) in [7, 11) is -4.01. The Labute approximate surface area is 195 Å². The van der Waals surface area contributed by atoms with Crippen molar-refractivity contribution in [3.05, 3.63) is 80.5 Å². The molecule has 34 heavy (non-hydrogen) atoms. The highest BCUT2D eigenvalue weighted by molar-refractivity contribution is 7.93. The lowest BCUT2D eigenvalue weighted by Crippen LogP contribution is -2.21. The first-order valence-corrected chi connectivity index (χ1v) is 11.5. The normalized spacial score (nSPS) is 10.9. The van der Waals surface area contributed by atoms with Crippen LogP contribution in [0.4, 0.5) is 16.5 Å². The first-order valence-electron chi connectivity index (χ1n) is 9.20. The molecule has 1 heterocycles. The molecule has 2 aromatic carbocycles. The summed E-state index contributed by atoms with van der Waals surface area (Å²) < 4.78 is 29.9. The van der Waals surface area contributed by atoms with E-state index in [4.69, 9.17) is 4.74 Å². The molecule has 0 fully saturated rings. The Morgan fingerprint density at radius 1 is 0.971 bits per heavy atom. The van der Waals surface area contributed by atoms with Crippen molar-refractivity contribution < 1.29 is 32.6 Å². The van der Waals surface area contributed by atoms with Gasteiger partial charge in [0.1, 0.15) is 4.21 Å². The van der Waals surface area contributed by atoms with Crippen molar-refractivity contribution in [2.24, 2.45) is 0 Å². The molecule has 0 spiro atoms. The van der Waals surface area contributed by atoms with Gasteiger partial charge < -0.3 is 4.74 Å². The van der Waals surface area contributed by atoms with Crippen LogP contribution in [0.25, 0.3) is 0 Å². The largest absolute Gasteiger partial charge is 0.455 e. The fraction of sp³-hybridized carbons (Fsp3) is 0.105. The summed E-state index contributed by atoms with van der Waals surface area (Å²) in [5, 5.41) is 23.6. The predicted octanol–water partition coefficient (Wildman–Crippen LogP) is 2.52. The van der Waals surface area contributed by atoms with E-state index in [1.807, 2.05) is 0 Å². The van der Waals surface area contributed by atoms with Crippen LogP contribution in [0.2, 0.25) is 0 Å². The number of carbonyl (C=O) groups is 2. The monoisotopic (exact) mass is 506 g/mol. The zero-order valence-electron chi connectivity index (χ0n) is 16.9. The van der Waals surface area contributed by atoms with Crippen LogP contribution < -0.4 is 5.32 Å². The number of carbonyl (C=O) groups excluding carboxylic acids is 2. The number of nitrogens with one attached hydrogen (secondary N) is 1. The van der Waals surface area contributed by atoms with E-state index in [9.17, 15) is 38.2 Å². The highest BCUT2D eigenvalue weighted by Crippen LogP contribution is 2.29. The summed E-state index contributed by atoms with van der Waals surface area (Å²) in [4.78, 5) is 47.6. The molecule has 3 rings (SSSR count). The van der Waals surface area contributed by atoms with Gasteiger partial charge in [0.15, 0.2) is 11.7 Å². The number of sulfone groups is 1. The van der Waals surface area contributed by atoms with Gasteiger partial charge in [-0.15, -0.1) is 0 Å². The van der Waals surface area contributed by atoms with Gasteiger partial charge in [-0.05, 0) is 17.7 Å². The number of rotatable bonds is 9. The molecule has 0 atom stereocenters. The van der Waals surface area contributed by atoms with Crippen LogP contribution in [0.3, 0.4) is 0 Å². The van der Waals surface area contributed by atoms with Crippen LogP contribution in [0.15, 0.2) is 63.8 Å². The van der Waals surface area contributed by atoms with Gasteiger partial charge in [0, 0.05) is 24.3 Å². The first-order chi connectivity index (χ1) is 16.1. The standard InChI is InChI=1S/C19H14N4O9S2/c24-16(11-32-17(25)9-12-1-3-13(4-2-12)22(26)27)21-19-20-10-18(33-19)34(30,31)15-7-5-14(6-8-15)23(28)29/h1-8,10H,9,11H2,(H,20,21,24). The molecule has 0 bridgehead atoms. The van der Waals surface area contributed by atoms with Gasteiger partial charge in [0.2, 0.25) is 9.84 Å². The minimum Gasteiger partial charge on any atom is -0.455 e. The first kappa shape index (κ1) is 24.4. The molecule has 0 radical (unpaired) electrons. The van der Waals surface area contributed by atoms with Crippen LogP contribution in [0, 0.1) is 20.2 Å². The number of hydrogen-bond donors (Lipinski definition) is 1. The third-order valence-electron chi connectivity index (χ3n) is 4.21. The fourth-order valence-electron chi connectivity index (χ4n) is 2.56. The van der Waals surface area contributed by atoms with Gasteiger partial charge in [-0.2, -0.15) is 0 Å². The summed E-state index contributed by atoms with van der Waals surface area (Å²) in [6.45, 7) is -0.657. The second kappa shape index (κ2) is 10.1. The molecule has 1 aromatic heterocycles. The van der Waals surface area contributed by atoms with E-state index < -0.39 is 38.2 Å². The number of thiazole rings is 1. The van der Waals surface area contributed by atoms with E-state index >= 15 is 0 Å². The molecular formula is C19H14N4O9S2. The molecule has 1 N–H and O–H groups in total. The molecule has 0 saturated heterocycles. The van der Waals surface area contributed by atoms with Crippen molar-refractivity contribution in [3.63, 3.8) is 0 Å². The smallest absolute Gasteiger partial charge is 0.310 e. The maximum Gasteiger partial charge on any atom is 0.310 e. The average molecular weight is 506 g/mol. The molecule has 0 aliphatic rings. The predicted molar refractivity (Wildman–Crippen MR) is 117 cm³/mol. The van der Waals surface area contributed by atoms with Gasteiger partial charge in [0.25, 0.3) is 17.3 Å². The highest BCUT2D eigenvalue weighted by atomic mass is 32.2. The fourth-order valence-corrected chi connectivity index (χ4v) is 5.01. The van der Waals surface area contributed by atoms with Crippen molar-refractivity contribution in [1.82, 2.24) is 4.98 Å². The third-order valence-corrected chi connectivity index (χ3v) is 7.36. The maximum atomic E-state index is 12.6. The zero-order chi connectivity index (χ0) is 24.9. The van der Waals surface area contributed by atoms with Crippen molar-refractivity contribution >= 4 is 49.6 Å². The Bertz CT molecular complexity index is 1350. The summed E-state index contributed by atoms with van der Waals surface area (Å²) in [5.41, 5.74) is 0.0614. The van der Waals surface area contributed by atoms with Crippen molar-refractivity contribution in [2.75, 3.05) is 11.9 Å². The Morgan fingerprint density at radius 2 is 1.53 bits per heavy atom. The van der Waals surface area contributed by atoms with Crippen LogP contribution in [0.1, 0.15) is 5.56 Å².